The monoisotopic (exact) mass is 337 g/mol. The first-order chi connectivity index (χ1) is 12.2. The molecule has 25 heavy (non-hydrogen) atoms. The first-order valence-electron chi connectivity index (χ1n) is 9.77. The number of hydrogen-bond acceptors (Lipinski definition) is 2. The largest absolute Gasteiger partial charge is 0.493 e. The topological polar surface area (TPSA) is 12.5 Å². The number of ether oxygens (including phenoxy) is 1. The van der Waals surface area contributed by atoms with E-state index in [-0.39, 0.29) is 0 Å². The summed E-state index contributed by atoms with van der Waals surface area (Å²) in [6, 6.07) is 15.7. The number of nitrogens with zero attached hydrogens (tertiary/aromatic N) is 1. The summed E-state index contributed by atoms with van der Waals surface area (Å²) >= 11 is 0. The summed E-state index contributed by atoms with van der Waals surface area (Å²) in [5.74, 6) is 1.06. The van der Waals surface area contributed by atoms with E-state index < -0.39 is 0 Å². The minimum absolute atomic E-state index is 0.823. The highest BCUT2D eigenvalue weighted by molar-refractivity contribution is 5.41. The standard InChI is InChI=1S/C23H31NO/c1-3-12-24-13-5-4-6-14-25-23-11-10-19(2)15-22(23)17-20-8-7-9-21(16-20)18-24/h7-11,15-16H,3-6,12-14,17-18H2,1-2H3. The average Bonchev–Trinajstić information content (AvgIpc) is 2.59. The third-order valence-corrected chi connectivity index (χ3v) is 4.92. The zero-order valence-corrected chi connectivity index (χ0v) is 15.8. The molecule has 1 aliphatic rings. The van der Waals surface area contributed by atoms with Gasteiger partial charge < -0.3 is 4.74 Å². The summed E-state index contributed by atoms with van der Waals surface area (Å²) in [5.41, 5.74) is 5.41. The molecule has 0 fully saturated rings. The lowest BCUT2D eigenvalue weighted by atomic mass is 10.00. The quantitative estimate of drug-likeness (QED) is 0.731. The number of hydrogen-bond donors (Lipinski definition) is 0. The predicted molar refractivity (Wildman–Crippen MR) is 105 cm³/mol. The Balaban J connectivity index is 1.87. The molecule has 0 unspecified atom stereocenters. The SMILES string of the molecule is CCCN1CCCCCOc2ccc(C)cc2Cc2cccc(c2)C1. The lowest BCUT2D eigenvalue weighted by Gasteiger charge is -2.22. The second-order valence-electron chi connectivity index (χ2n) is 7.29. The maximum Gasteiger partial charge on any atom is 0.122 e. The van der Waals surface area contributed by atoms with Crippen LogP contribution in [0, 0.1) is 6.92 Å². The van der Waals surface area contributed by atoms with Crippen LogP contribution in [-0.4, -0.2) is 24.6 Å². The zero-order chi connectivity index (χ0) is 17.5. The smallest absolute Gasteiger partial charge is 0.122 e. The Morgan fingerprint density at radius 1 is 1.00 bits per heavy atom. The van der Waals surface area contributed by atoms with E-state index in [4.69, 9.17) is 4.74 Å². The maximum absolute atomic E-state index is 6.12. The fourth-order valence-electron chi connectivity index (χ4n) is 3.69. The average molecular weight is 338 g/mol. The second-order valence-corrected chi connectivity index (χ2v) is 7.29. The van der Waals surface area contributed by atoms with Gasteiger partial charge in [0.2, 0.25) is 0 Å². The molecular formula is C23H31NO. The highest BCUT2D eigenvalue weighted by atomic mass is 16.5. The molecule has 3 rings (SSSR count). The summed E-state index contributed by atoms with van der Waals surface area (Å²) in [7, 11) is 0. The van der Waals surface area contributed by atoms with Gasteiger partial charge in [0.25, 0.3) is 0 Å². The van der Waals surface area contributed by atoms with E-state index in [1.165, 1.54) is 54.6 Å². The van der Waals surface area contributed by atoms with Crippen LogP contribution >= 0.6 is 0 Å². The lowest BCUT2D eigenvalue weighted by molar-refractivity contribution is 0.251. The molecule has 0 saturated carbocycles. The molecule has 0 N–H and O–H groups in total. The van der Waals surface area contributed by atoms with Crippen molar-refractivity contribution < 1.29 is 4.74 Å². The summed E-state index contributed by atoms with van der Waals surface area (Å²) in [5, 5.41) is 0. The predicted octanol–water partition coefficient (Wildman–Crippen LogP) is 5.36. The molecule has 0 aliphatic carbocycles. The summed E-state index contributed by atoms with van der Waals surface area (Å²) in [4.78, 5) is 2.60. The molecule has 0 amide bonds. The van der Waals surface area contributed by atoms with Gasteiger partial charge in [0, 0.05) is 13.0 Å². The molecule has 2 heteroatoms. The van der Waals surface area contributed by atoms with Gasteiger partial charge in [-0.05, 0) is 68.5 Å². The molecular weight excluding hydrogens is 306 g/mol. The normalized spacial score (nSPS) is 16.6. The van der Waals surface area contributed by atoms with Gasteiger partial charge in [-0.15, -0.1) is 0 Å². The zero-order valence-electron chi connectivity index (χ0n) is 15.8. The van der Waals surface area contributed by atoms with Gasteiger partial charge in [0.05, 0.1) is 6.61 Å². The van der Waals surface area contributed by atoms with Gasteiger partial charge in [-0.2, -0.15) is 0 Å². The number of rotatable bonds is 2. The molecule has 0 radical (unpaired) electrons. The Morgan fingerprint density at radius 3 is 2.76 bits per heavy atom. The molecule has 134 valence electrons. The van der Waals surface area contributed by atoms with Crippen molar-refractivity contribution in [3.63, 3.8) is 0 Å². The lowest BCUT2D eigenvalue weighted by Crippen LogP contribution is -2.25. The maximum atomic E-state index is 6.12. The van der Waals surface area contributed by atoms with Gasteiger partial charge in [-0.25, -0.2) is 0 Å². The highest BCUT2D eigenvalue weighted by Crippen LogP contribution is 2.24. The number of aryl methyl sites for hydroxylation is 1. The molecule has 1 aliphatic heterocycles. The fraction of sp³-hybridized carbons (Fsp3) is 0.478. The van der Waals surface area contributed by atoms with E-state index in [9.17, 15) is 0 Å². The van der Waals surface area contributed by atoms with Crippen molar-refractivity contribution in [2.45, 2.75) is 52.5 Å². The van der Waals surface area contributed by atoms with Crippen LogP contribution in [0.4, 0.5) is 0 Å². The first-order valence-corrected chi connectivity index (χ1v) is 9.77. The van der Waals surface area contributed by atoms with Crippen LogP contribution in [0.5, 0.6) is 5.75 Å². The fourth-order valence-corrected chi connectivity index (χ4v) is 3.69. The molecule has 0 aromatic heterocycles. The van der Waals surface area contributed by atoms with Crippen molar-refractivity contribution in [3.8, 4) is 5.75 Å². The van der Waals surface area contributed by atoms with Gasteiger partial charge in [-0.1, -0.05) is 48.9 Å². The van der Waals surface area contributed by atoms with E-state index in [2.05, 4.69) is 61.2 Å². The first kappa shape index (κ1) is 18.0. The molecule has 2 bridgehead atoms. The van der Waals surface area contributed by atoms with Gasteiger partial charge in [-0.3, -0.25) is 4.90 Å². The third-order valence-electron chi connectivity index (χ3n) is 4.92. The van der Waals surface area contributed by atoms with Crippen LogP contribution < -0.4 is 4.74 Å². The molecule has 0 saturated heterocycles. The van der Waals surface area contributed by atoms with Crippen LogP contribution in [-0.2, 0) is 13.0 Å². The second kappa shape index (κ2) is 9.05. The Bertz CT molecular complexity index is 680. The van der Waals surface area contributed by atoms with Gasteiger partial charge in [0.1, 0.15) is 5.75 Å². The van der Waals surface area contributed by atoms with Gasteiger partial charge >= 0.3 is 0 Å². The van der Waals surface area contributed by atoms with Crippen LogP contribution in [0.2, 0.25) is 0 Å². The summed E-state index contributed by atoms with van der Waals surface area (Å²) < 4.78 is 6.12. The van der Waals surface area contributed by atoms with Crippen molar-refractivity contribution in [1.29, 1.82) is 0 Å². The van der Waals surface area contributed by atoms with Crippen molar-refractivity contribution in [2.75, 3.05) is 19.7 Å². The molecule has 1 heterocycles. The molecule has 2 aromatic carbocycles. The Hall–Kier alpha value is -1.80. The number of benzene rings is 2. The van der Waals surface area contributed by atoms with E-state index >= 15 is 0 Å². The summed E-state index contributed by atoms with van der Waals surface area (Å²) in [6.45, 7) is 8.69. The van der Waals surface area contributed by atoms with E-state index in [1.807, 2.05) is 0 Å². The van der Waals surface area contributed by atoms with Gasteiger partial charge in [0.15, 0.2) is 0 Å². The molecule has 0 atom stereocenters. The van der Waals surface area contributed by atoms with Crippen molar-refractivity contribution in [3.05, 3.63) is 64.7 Å². The third kappa shape index (κ3) is 5.34. The van der Waals surface area contributed by atoms with Crippen molar-refractivity contribution in [2.24, 2.45) is 0 Å². The molecule has 0 spiro atoms. The minimum atomic E-state index is 0.823. The Labute approximate surface area is 152 Å². The molecule has 2 nitrogen and oxygen atoms in total. The Kier molecular flexibility index (Phi) is 6.52. The van der Waals surface area contributed by atoms with Crippen LogP contribution in [0.25, 0.3) is 0 Å². The molecule has 2 aromatic rings. The van der Waals surface area contributed by atoms with Crippen LogP contribution in [0.3, 0.4) is 0 Å². The minimum Gasteiger partial charge on any atom is -0.493 e. The van der Waals surface area contributed by atoms with E-state index in [1.54, 1.807) is 0 Å². The van der Waals surface area contributed by atoms with Crippen molar-refractivity contribution >= 4 is 0 Å². The van der Waals surface area contributed by atoms with E-state index in [0.717, 1.165) is 31.7 Å². The number of fused-ring (bicyclic) bond motifs is 3. The van der Waals surface area contributed by atoms with E-state index in [0.29, 0.717) is 0 Å². The summed E-state index contributed by atoms with van der Waals surface area (Å²) in [6.07, 6.45) is 5.79. The van der Waals surface area contributed by atoms with Crippen LogP contribution in [0.1, 0.15) is 54.9 Å². The Morgan fingerprint density at radius 2 is 1.88 bits per heavy atom. The van der Waals surface area contributed by atoms with Crippen molar-refractivity contribution in [1.82, 2.24) is 4.90 Å². The van der Waals surface area contributed by atoms with Crippen LogP contribution in [0.15, 0.2) is 42.5 Å². The highest BCUT2D eigenvalue weighted by Gasteiger charge is 2.10.